The van der Waals surface area contributed by atoms with E-state index in [1.165, 1.54) is 7.11 Å². The Bertz CT molecular complexity index is 960. The normalized spacial score (nSPS) is 21.9. The van der Waals surface area contributed by atoms with Crippen molar-refractivity contribution in [3.05, 3.63) is 29.3 Å². The van der Waals surface area contributed by atoms with Gasteiger partial charge in [-0.3, -0.25) is 0 Å². The molecule has 0 aliphatic carbocycles. The zero-order chi connectivity index (χ0) is 21.4. The first-order valence-corrected chi connectivity index (χ1v) is 9.83. The maximum absolute atomic E-state index is 11.8. The summed E-state index contributed by atoms with van der Waals surface area (Å²) in [7, 11) is 1.22. The second-order valence-corrected chi connectivity index (χ2v) is 8.32. The molecule has 3 N–H and O–H groups in total. The van der Waals surface area contributed by atoms with Crippen LogP contribution in [0.4, 0.5) is 5.69 Å². The quantitative estimate of drug-likeness (QED) is 0.435. The first kappa shape index (κ1) is 21.2. The molecule has 0 aromatic heterocycles. The lowest BCUT2D eigenvalue weighted by Crippen LogP contribution is -2.43. The number of aliphatic hydroxyl groups is 1. The van der Waals surface area contributed by atoms with Crippen LogP contribution in [-0.2, 0) is 14.9 Å². The molecule has 1 aromatic carbocycles. The molecule has 2 aliphatic rings. The largest absolute Gasteiger partial charge is 0.466 e. The van der Waals surface area contributed by atoms with Crippen LogP contribution in [0.3, 0.4) is 0 Å². The molecule has 0 fully saturated rings. The van der Waals surface area contributed by atoms with Crippen LogP contribution in [0.5, 0.6) is 0 Å². The molecular formula is C21H25ClN4O3. The third kappa shape index (κ3) is 3.96. The molecule has 0 bridgehead atoms. The minimum Gasteiger partial charge on any atom is -0.466 e. The van der Waals surface area contributed by atoms with Crippen molar-refractivity contribution in [2.45, 2.75) is 43.6 Å². The number of ether oxygens (including phenoxy) is 1. The molecule has 154 valence electrons. The van der Waals surface area contributed by atoms with Gasteiger partial charge in [-0.25, -0.2) is 9.79 Å². The molecule has 1 aromatic rings. The highest BCUT2D eigenvalue weighted by Crippen LogP contribution is 2.41. The average molecular weight is 417 g/mol. The minimum atomic E-state index is -1.84. The Morgan fingerprint density at radius 3 is 2.90 bits per heavy atom. The van der Waals surface area contributed by atoms with Crippen molar-refractivity contribution in [2.75, 3.05) is 25.1 Å². The number of benzene rings is 1. The van der Waals surface area contributed by atoms with E-state index in [0.29, 0.717) is 24.5 Å². The molecule has 2 heterocycles. The predicted octanol–water partition coefficient (Wildman–Crippen LogP) is 1.78. The highest BCUT2D eigenvalue weighted by molar-refractivity contribution is 6.35. The van der Waals surface area contributed by atoms with Crippen molar-refractivity contribution >= 4 is 35.1 Å². The number of esters is 1. The number of methoxy groups -OCH3 is 1. The van der Waals surface area contributed by atoms with E-state index in [0.717, 1.165) is 11.3 Å². The molecule has 29 heavy (non-hydrogen) atoms. The van der Waals surface area contributed by atoms with Gasteiger partial charge in [0.1, 0.15) is 11.2 Å². The van der Waals surface area contributed by atoms with Crippen LogP contribution in [0.1, 0.15) is 38.3 Å². The van der Waals surface area contributed by atoms with E-state index < -0.39 is 11.6 Å². The predicted molar refractivity (Wildman–Crippen MR) is 115 cm³/mol. The lowest BCUT2D eigenvalue weighted by atomic mass is 9.86. The number of carbonyl (C=O) groups is 1. The van der Waals surface area contributed by atoms with E-state index in [1.54, 1.807) is 6.92 Å². The SMILES string of the molecule is CCC(O)(C#Cc1ccc2c(c1)N(C1=NC(N)=NCC1Cl)CC2(C)C)C(=O)OC. The van der Waals surface area contributed by atoms with Gasteiger partial charge in [0, 0.05) is 23.2 Å². The molecule has 7 nitrogen and oxygen atoms in total. The van der Waals surface area contributed by atoms with E-state index >= 15 is 0 Å². The Balaban J connectivity index is 2.03. The van der Waals surface area contributed by atoms with Crippen LogP contribution in [0, 0.1) is 11.8 Å². The Labute approximate surface area is 175 Å². The standard InChI is InChI=1S/C21H25ClN4O3/c1-5-21(28,18(27)29-4)9-8-13-6-7-14-16(10-13)26(12-20(14,2)3)17-15(22)11-24-19(23)25-17/h6-7,10,15,28H,5,11-12H2,1-4H3,(H2,23,24). The monoisotopic (exact) mass is 416 g/mol. The van der Waals surface area contributed by atoms with Crippen LogP contribution in [-0.4, -0.2) is 54.0 Å². The molecule has 0 saturated carbocycles. The molecule has 0 radical (unpaired) electrons. The summed E-state index contributed by atoms with van der Waals surface area (Å²) in [6, 6.07) is 5.80. The number of aliphatic imine (C=N–C) groups is 2. The molecule has 0 amide bonds. The van der Waals surface area contributed by atoms with E-state index in [4.69, 9.17) is 17.3 Å². The molecule has 0 saturated heterocycles. The number of halogens is 1. The maximum Gasteiger partial charge on any atom is 0.350 e. The van der Waals surface area contributed by atoms with Gasteiger partial charge in [-0.1, -0.05) is 38.7 Å². The van der Waals surface area contributed by atoms with Crippen LogP contribution < -0.4 is 10.6 Å². The Morgan fingerprint density at radius 1 is 1.52 bits per heavy atom. The second kappa shape index (κ2) is 7.69. The van der Waals surface area contributed by atoms with E-state index in [2.05, 4.69) is 40.4 Å². The molecule has 3 rings (SSSR count). The van der Waals surface area contributed by atoms with Gasteiger partial charge in [-0.05, 0) is 24.1 Å². The van der Waals surface area contributed by atoms with Gasteiger partial charge in [0.15, 0.2) is 0 Å². The first-order valence-electron chi connectivity index (χ1n) is 9.40. The third-order valence-corrected chi connectivity index (χ3v) is 5.55. The summed E-state index contributed by atoms with van der Waals surface area (Å²) >= 11 is 6.47. The van der Waals surface area contributed by atoms with E-state index in [1.807, 2.05) is 23.1 Å². The van der Waals surface area contributed by atoms with Crippen LogP contribution >= 0.6 is 11.6 Å². The average Bonchev–Trinajstić information content (AvgIpc) is 2.97. The molecule has 2 unspecified atom stereocenters. The van der Waals surface area contributed by atoms with Crippen molar-refractivity contribution in [1.82, 2.24) is 0 Å². The number of hydrogen-bond acceptors (Lipinski definition) is 7. The number of hydrogen-bond donors (Lipinski definition) is 2. The Morgan fingerprint density at radius 2 is 2.24 bits per heavy atom. The maximum atomic E-state index is 11.8. The number of fused-ring (bicyclic) bond motifs is 1. The third-order valence-electron chi connectivity index (χ3n) is 5.22. The fourth-order valence-electron chi connectivity index (χ4n) is 3.51. The number of anilines is 1. The number of carbonyl (C=O) groups excluding carboxylic acids is 1. The Hall–Kier alpha value is -2.56. The fourth-order valence-corrected chi connectivity index (χ4v) is 3.75. The van der Waals surface area contributed by atoms with E-state index in [-0.39, 0.29) is 23.2 Å². The van der Waals surface area contributed by atoms with E-state index in [9.17, 15) is 9.90 Å². The van der Waals surface area contributed by atoms with Gasteiger partial charge in [-0.2, -0.15) is 4.99 Å². The van der Waals surface area contributed by atoms with Crippen molar-refractivity contribution in [2.24, 2.45) is 15.7 Å². The zero-order valence-electron chi connectivity index (χ0n) is 17.0. The summed E-state index contributed by atoms with van der Waals surface area (Å²) in [6.07, 6.45) is 0.125. The summed E-state index contributed by atoms with van der Waals surface area (Å²) in [5.74, 6) is 5.66. The highest BCUT2D eigenvalue weighted by atomic mass is 35.5. The van der Waals surface area contributed by atoms with Crippen molar-refractivity contribution in [1.29, 1.82) is 0 Å². The smallest absolute Gasteiger partial charge is 0.350 e. The van der Waals surface area contributed by atoms with Crippen molar-refractivity contribution < 1.29 is 14.6 Å². The van der Waals surface area contributed by atoms with Gasteiger partial charge in [0.05, 0.1) is 13.7 Å². The van der Waals surface area contributed by atoms with Crippen LogP contribution in [0.25, 0.3) is 0 Å². The van der Waals surface area contributed by atoms with Gasteiger partial charge in [0.25, 0.3) is 0 Å². The summed E-state index contributed by atoms with van der Waals surface area (Å²) < 4.78 is 4.66. The van der Waals surface area contributed by atoms with Crippen LogP contribution in [0.15, 0.2) is 28.2 Å². The summed E-state index contributed by atoms with van der Waals surface area (Å²) in [5.41, 5.74) is 6.56. The van der Waals surface area contributed by atoms with Gasteiger partial charge >= 0.3 is 5.97 Å². The summed E-state index contributed by atoms with van der Waals surface area (Å²) in [5, 5.41) is 10.1. The molecule has 8 heteroatoms. The number of amidine groups is 1. The molecule has 2 atom stereocenters. The molecular weight excluding hydrogens is 392 g/mol. The Kier molecular flexibility index (Phi) is 5.61. The lowest BCUT2D eigenvalue weighted by molar-refractivity contribution is -0.156. The van der Waals surface area contributed by atoms with Crippen LogP contribution in [0.2, 0.25) is 0 Å². The molecule has 2 aliphatic heterocycles. The minimum absolute atomic E-state index is 0.125. The highest BCUT2D eigenvalue weighted by Gasteiger charge is 2.39. The number of guanidine groups is 1. The topological polar surface area (TPSA) is 101 Å². The zero-order valence-corrected chi connectivity index (χ0v) is 17.7. The number of alkyl halides is 1. The van der Waals surface area contributed by atoms with Gasteiger partial charge in [0.2, 0.25) is 11.6 Å². The first-order chi connectivity index (χ1) is 13.6. The number of rotatable bonds is 2. The lowest BCUT2D eigenvalue weighted by Gasteiger charge is -2.27. The number of nitrogens with two attached hydrogens (primary N) is 1. The van der Waals surface area contributed by atoms with Gasteiger partial charge < -0.3 is 20.5 Å². The van der Waals surface area contributed by atoms with Gasteiger partial charge in [-0.15, -0.1) is 11.6 Å². The summed E-state index contributed by atoms with van der Waals surface area (Å²) in [4.78, 5) is 22.4. The fraction of sp³-hybridized carbons (Fsp3) is 0.476. The summed E-state index contributed by atoms with van der Waals surface area (Å²) in [6.45, 7) is 7.03. The molecule has 0 spiro atoms. The number of nitrogens with zero attached hydrogens (tertiary/aromatic N) is 3. The van der Waals surface area contributed by atoms with Crippen molar-refractivity contribution in [3.8, 4) is 11.8 Å². The second-order valence-electron chi connectivity index (χ2n) is 7.79. The van der Waals surface area contributed by atoms with Crippen molar-refractivity contribution in [3.63, 3.8) is 0 Å².